The molecule has 0 saturated heterocycles. The van der Waals surface area contributed by atoms with Crippen LogP contribution >= 0.6 is 0 Å². The topological polar surface area (TPSA) is 140 Å². The van der Waals surface area contributed by atoms with Crippen LogP contribution in [0.15, 0.2) is 18.3 Å². The summed E-state index contributed by atoms with van der Waals surface area (Å²) < 4.78 is 1.20. The van der Waals surface area contributed by atoms with E-state index in [0.29, 0.717) is 36.3 Å². The Morgan fingerprint density at radius 1 is 0.886 bits per heavy atom. The average Bonchev–Trinajstić information content (AvgIpc) is 3.22. The van der Waals surface area contributed by atoms with Crippen molar-refractivity contribution in [2.45, 2.75) is 19.3 Å². The molecule has 0 bridgehead atoms. The van der Waals surface area contributed by atoms with Gasteiger partial charge in [-0.15, -0.1) is 0 Å². The van der Waals surface area contributed by atoms with Gasteiger partial charge in [0.1, 0.15) is 18.2 Å². The van der Waals surface area contributed by atoms with Gasteiger partial charge in [-0.25, -0.2) is 4.98 Å². The lowest BCUT2D eigenvalue weighted by atomic mass is 9.82. The fourth-order valence-electron chi connectivity index (χ4n) is 4.20. The smallest absolute Gasteiger partial charge is 0.248 e. The van der Waals surface area contributed by atoms with E-state index < -0.39 is 11.3 Å². The van der Waals surface area contributed by atoms with Crippen LogP contribution in [0.1, 0.15) is 58.3 Å². The highest BCUT2D eigenvalue weighted by Crippen LogP contribution is 2.38. The van der Waals surface area contributed by atoms with Gasteiger partial charge in [-0.3, -0.25) is 24.0 Å². The lowest BCUT2D eigenvalue weighted by Crippen LogP contribution is -2.47. The fourth-order valence-corrected chi connectivity index (χ4v) is 4.20. The number of pyridine rings is 1. The van der Waals surface area contributed by atoms with Crippen LogP contribution in [0, 0.1) is 13.8 Å². The van der Waals surface area contributed by atoms with Crippen LogP contribution in [-0.4, -0.2) is 72.0 Å². The second-order valence-corrected chi connectivity index (χ2v) is 8.24. The van der Waals surface area contributed by atoms with Crippen molar-refractivity contribution in [2.75, 3.05) is 14.1 Å². The van der Waals surface area contributed by atoms with Gasteiger partial charge in [0.15, 0.2) is 25.1 Å². The molecule has 3 aromatic rings. The number of carbonyl (C=O) groups excluding carboxylic acids is 7. The minimum absolute atomic E-state index is 0.0136. The monoisotopic (exact) mass is 475 g/mol. The van der Waals surface area contributed by atoms with Crippen molar-refractivity contribution in [3.63, 3.8) is 0 Å². The van der Waals surface area contributed by atoms with E-state index in [1.165, 1.54) is 43.7 Å². The van der Waals surface area contributed by atoms with Crippen molar-refractivity contribution in [3.05, 3.63) is 57.4 Å². The number of benzene rings is 1. The van der Waals surface area contributed by atoms with Gasteiger partial charge in [-0.05, 0) is 37.1 Å². The maximum atomic E-state index is 13.2. The highest BCUT2D eigenvalue weighted by Gasteiger charge is 2.47. The Morgan fingerprint density at radius 3 is 1.86 bits per heavy atom. The van der Waals surface area contributed by atoms with Crippen LogP contribution in [-0.2, 0) is 19.8 Å². The third kappa shape index (κ3) is 3.68. The molecule has 1 aromatic carbocycles. The SMILES string of the molecule is Cc1cc(C=O)c(-c2nc3c(C=O)c(C=O)c(C)cn3c2C(C=O)(C=O)C(=O)N(C)C)c(C=O)c1. The number of amides is 1. The molecule has 0 fully saturated rings. The van der Waals surface area contributed by atoms with E-state index in [2.05, 4.69) is 4.98 Å². The number of hydrogen-bond donors (Lipinski definition) is 0. The molecule has 0 aliphatic rings. The molecule has 0 N–H and O–H groups in total. The van der Waals surface area contributed by atoms with Crippen LogP contribution < -0.4 is 0 Å². The normalized spacial score (nSPS) is 11.1. The predicted octanol–water partition coefficient (Wildman–Crippen LogP) is 1.59. The third-order valence-electron chi connectivity index (χ3n) is 5.78. The molecule has 0 atom stereocenters. The number of aromatic nitrogens is 2. The van der Waals surface area contributed by atoms with Crippen molar-refractivity contribution in [3.8, 4) is 11.3 Å². The Balaban J connectivity index is 2.73. The summed E-state index contributed by atoms with van der Waals surface area (Å²) in [5, 5.41) is 0. The highest BCUT2D eigenvalue weighted by molar-refractivity contribution is 6.18. The van der Waals surface area contributed by atoms with Crippen molar-refractivity contribution in [2.24, 2.45) is 0 Å². The van der Waals surface area contributed by atoms with Gasteiger partial charge in [-0.1, -0.05) is 0 Å². The first kappa shape index (κ1) is 25.0. The number of likely N-dealkylation sites (N-methyl/N-ethyl adjacent to an activating group) is 1. The summed E-state index contributed by atoms with van der Waals surface area (Å²) in [7, 11) is 2.69. The molecule has 0 aliphatic carbocycles. The van der Waals surface area contributed by atoms with E-state index in [9.17, 15) is 33.6 Å². The summed E-state index contributed by atoms with van der Waals surface area (Å²) >= 11 is 0. The lowest BCUT2D eigenvalue weighted by Gasteiger charge is -2.26. The first-order chi connectivity index (χ1) is 16.6. The average molecular weight is 475 g/mol. The first-order valence-corrected chi connectivity index (χ1v) is 10.3. The summed E-state index contributed by atoms with van der Waals surface area (Å²) in [5.41, 5.74) is -2.29. The van der Waals surface area contributed by atoms with Crippen LogP contribution in [0.3, 0.4) is 0 Å². The molecule has 3 rings (SSSR count). The summed E-state index contributed by atoms with van der Waals surface area (Å²) in [6, 6.07) is 2.95. The van der Waals surface area contributed by atoms with Crippen molar-refractivity contribution in [1.82, 2.24) is 14.3 Å². The number of aryl methyl sites for hydroxylation is 2. The molecular weight excluding hydrogens is 454 g/mol. The number of aldehydes is 6. The molecule has 35 heavy (non-hydrogen) atoms. The summed E-state index contributed by atoms with van der Waals surface area (Å²) in [6.07, 6.45) is 3.46. The van der Waals surface area contributed by atoms with Gasteiger partial charge in [-0.2, -0.15) is 0 Å². The zero-order valence-electron chi connectivity index (χ0n) is 19.4. The Kier molecular flexibility index (Phi) is 6.68. The van der Waals surface area contributed by atoms with E-state index in [0.717, 1.165) is 4.90 Å². The first-order valence-electron chi connectivity index (χ1n) is 10.3. The van der Waals surface area contributed by atoms with E-state index in [1.54, 1.807) is 6.92 Å². The standard InChI is InChI=1S/C25H21N3O7/c1-14-5-16(8-29)20(17(6-14)9-30)21-22(25(12-33,13-34)24(35)27(3)4)28-7-15(2)18(10-31)19(11-32)23(28)26-21/h5-13H,1-4H3. The maximum Gasteiger partial charge on any atom is 0.248 e. The zero-order valence-corrected chi connectivity index (χ0v) is 19.4. The molecular formula is C25H21N3O7. The number of imidazole rings is 1. The number of nitrogens with zero attached hydrogens (tertiary/aromatic N) is 3. The van der Waals surface area contributed by atoms with Gasteiger partial charge < -0.3 is 18.9 Å². The minimum Gasteiger partial charge on any atom is -0.347 e. The van der Waals surface area contributed by atoms with Crippen LogP contribution in [0.25, 0.3) is 16.9 Å². The molecule has 2 aromatic heterocycles. The maximum absolute atomic E-state index is 13.2. The van der Waals surface area contributed by atoms with E-state index in [-0.39, 0.29) is 57.4 Å². The molecule has 178 valence electrons. The van der Waals surface area contributed by atoms with Gasteiger partial charge in [0.05, 0.1) is 17.0 Å². The number of rotatable bonds is 9. The van der Waals surface area contributed by atoms with Crippen molar-refractivity contribution >= 4 is 49.3 Å². The number of hydrogen-bond acceptors (Lipinski definition) is 8. The Bertz CT molecular complexity index is 1400. The van der Waals surface area contributed by atoms with Gasteiger partial charge in [0, 0.05) is 42.5 Å². The molecule has 0 radical (unpaired) electrons. The van der Waals surface area contributed by atoms with Crippen molar-refractivity contribution < 1.29 is 33.6 Å². The fraction of sp³-hybridized carbons (Fsp3) is 0.200. The van der Waals surface area contributed by atoms with Crippen LogP contribution in [0.2, 0.25) is 0 Å². The second-order valence-electron chi connectivity index (χ2n) is 8.24. The summed E-state index contributed by atoms with van der Waals surface area (Å²) in [6.45, 7) is 3.19. The van der Waals surface area contributed by atoms with Crippen molar-refractivity contribution in [1.29, 1.82) is 0 Å². The van der Waals surface area contributed by atoms with Crippen LogP contribution in [0.5, 0.6) is 0 Å². The quantitative estimate of drug-likeness (QED) is 0.336. The third-order valence-corrected chi connectivity index (χ3v) is 5.78. The van der Waals surface area contributed by atoms with Gasteiger partial charge in [0.25, 0.3) is 0 Å². The molecule has 0 aliphatic heterocycles. The lowest BCUT2D eigenvalue weighted by molar-refractivity contribution is -0.141. The molecule has 0 spiro atoms. The molecule has 0 unspecified atom stereocenters. The summed E-state index contributed by atoms with van der Waals surface area (Å²) in [4.78, 5) is 91.3. The molecule has 10 nitrogen and oxygen atoms in total. The molecule has 10 heteroatoms. The molecule has 0 saturated carbocycles. The Morgan fingerprint density at radius 2 is 1.43 bits per heavy atom. The van der Waals surface area contributed by atoms with E-state index in [4.69, 9.17) is 0 Å². The second kappa shape index (κ2) is 9.34. The van der Waals surface area contributed by atoms with Gasteiger partial charge >= 0.3 is 0 Å². The largest absolute Gasteiger partial charge is 0.347 e. The number of carbonyl (C=O) groups is 7. The minimum atomic E-state index is -2.45. The zero-order chi connectivity index (χ0) is 26.1. The predicted molar refractivity (Wildman–Crippen MR) is 124 cm³/mol. The summed E-state index contributed by atoms with van der Waals surface area (Å²) in [5.74, 6) is -0.914. The molecule has 1 amide bonds. The highest BCUT2D eigenvalue weighted by atomic mass is 16.2. The Labute approximate surface area is 199 Å². The van der Waals surface area contributed by atoms with Gasteiger partial charge in [0.2, 0.25) is 11.3 Å². The van der Waals surface area contributed by atoms with E-state index >= 15 is 0 Å². The Hall–Kier alpha value is -4.60. The number of fused-ring (bicyclic) bond motifs is 1. The van der Waals surface area contributed by atoms with Crippen LogP contribution in [0.4, 0.5) is 0 Å². The van der Waals surface area contributed by atoms with E-state index in [1.807, 2.05) is 0 Å². The molecule has 2 heterocycles.